The van der Waals surface area contributed by atoms with Crippen LogP contribution in [0.1, 0.15) is 113 Å². The Morgan fingerprint density at radius 1 is 0.941 bits per heavy atom. The van der Waals surface area contributed by atoms with Gasteiger partial charge in [-0.25, -0.2) is 4.79 Å². The number of benzene rings is 2. The molecule has 2 bridgehead atoms. The Hall–Kier alpha value is -2.55. The highest BCUT2D eigenvalue weighted by molar-refractivity contribution is 5.77. The van der Waals surface area contributed by atoms with Gasteiger partial charge in [-0.2, -0.15) is 0 Å². The Morgan fingerprint density at radius 2 is 1.59 bits per heavy atom. The first-order valence-electron chi connectivity index (χ1n) is 13.1. The number of nitrogens with zero attached hydrogens (tertiary/aromatic N) is 1. The van der Waals surface area contributed by atoms with Crippen LogP contribution in [-0.4, -0.2) is 23.1 Å². The van der Waals surface area contributed by atoms with Crippen molar-refractivity contribution < 1.29 is 9.53 Å². The van der Waals surface area contributed by atoms with Crippen molar-refractivity contribution in [2.45, 2.75) is 104 Å². The van der Waals surface area contributed by atoms with Crippen LogP contribution in [0.25, 0.3) is 5.57 Å². The molecular formula is C31H41NO2. The van der Waals surface area contributed by atoms with Crippen molar-refractivity contribution in [3.05, 3.63) is 76.4 Å². The average Bonchev–Trinajstić information content (AvgIpc) is 2.81. The maximum absolute atomic E-state index is 13.2. The number of piperidine rings is 1. The van der Waals surface area contributed by atoms with Gasteiger partial charge >= 0.3 is 6.09 Å². The van der Waals surface area contributed by atoms with Crippen LogP contribution in [0, 0.1) is 0 Å². The zero-order chi connectivity index (χ0) is 24.4. The van der Waals surface area contributed by atoms with E-state index in [2.05, 4.69) is 59.8 Å². The third-order valence-electron chi connectivity index (χ3n) is 7.51. The predicted octanol–water partition coefficient (Wildman–Crippen LogP) is 8.40. The van der Waals surface area contributed by atoms with Crippen molar-refractivity contribution in [1.29, 1.82) is 0 Å². The smallest absolute Gasteiger partial charge is 0.410 e. The summed E-state index contributed by atoms with van der Waals surface area (Å²) >= 11 is 0. The van der Waals surface area contributed by atoms with Crippen LogP contribution in [0.15, 0.2) is 48.5 Å². The molecular weight excluding hydrogens is 418 g/mol. The van der Waals surface area contributed by atoms with Crippen molar-refractivity contribution in [3.8, 4) is 0 Å². The van der Waals surface area contributed by atoms with Gasteiger partial charge in [0.05, 0.1) is 6.04 Å². The van der Waals surface area contributed by atoms with Crippen LogP contribution in [0.5, 0.6) is 0 Å². The largest absolute Gasteiger partial charge is 0.445 e. The first kappa shape index (κ1) is 24.6. The number of fused-ring (bicyclic) bond motifs is 2. The number of ether oxygens (including phenoxy) is 1. The molecule has 0 aliphatic carbocycles. The summed E-state index contributed by atoms with van der Waals surface area (Å²) in [7, 11) is 0. The molecule has 0 aromatic heterocycles. The van der Waals surface area contributed by atoms with Crippen molar-refractivity contribution in [2.75, 3.05) is 0 Å². The standard InChI is InChI=1S/C31H41NO2/c1-20(2)24-17-28(21(3)4)30(29(18-24)22(5)6)25-15-26-13-10-14-27(16-25)32(26)31(33)34-19-23-11-8-7-9-12-23/h7-9,11-12,15,17-18,20-22,26-27H,10,13-14,16,19H2,1-6H3. The molecule has 2 aliphatic heterocycles. The van der Waals surface area contributed by atoms with Gasteiger partial charge in [0.25, 0.3) is 0 Å². The third kappa shape index (κ3) is 5.09. The summed E-state index contributed by atoms with van der Waals surface area (Å²) in [6.45, 7) is 14.1. The van der Waals surface area contributed by atoms with Crippen molar-refractivity contribution in [3.63, 3.8) is 0 Å². The Kier molecular flexibility index (Phi) is 7.50. The van der Waals surface area contributed by atoms with Gasteiger partial charge in [-0.15, -0.1) is 0 Å². The lowest BCUT2D eigenvalue weighted by atomic mass is 9.76. The third-order valence-corrected chi connectivity index (χ3v) is 7.51. The molecule has 0 spiro atoms. The molecule has 2 aromatic carbocycles. The van der Waals surface area contributed by atoms with Crippen LogP contribution in [0.3, 0.4) is 0 Å². The van der Waals surface area contributed by atoms with E-state index in [1.54, 1.807) is 0 Å². The van der Waals surface area contributed by atoms with Crippen molar-refractivity contribution >= 4 is 11.7 Å². The minimum Gasteiger partial charge on any atom is -0.445 e. The number of hydrogen-bond acceptors (Lipinski definition) is 2. The van der Waals surface area contributed by atoms with E-state index in [0.717, 1.165) is 24.8 Å². The summed E-state index contributed by atoms with van der Waals surface area (Å²) < 4.78 is 5.77. The van der Waals surface area contributed by atoms with E-state index in [9.17, 15) is 4.79 Å². The number of rotatable bonds is 6. The Morgan fingerprint density at radius 3 is 2.15 bits per heavy atom. The summed E-state index contributed by atoms with van der Waals surface area (Å²) in [5.41, 5.74) is 8.26. The van der Waals surface area contributed by atoms with Gasteiger partial charge in [0.1, 0.15) is 6.61 Å². The fourth-order valence-corrected chi connectivity index (χ4v) is 5.62. The van der Waals surface area contributed by atoms with Crippen LogP contribution >= 0.6 is 0 Å². The summed E-state index contributed by atoms with van der Waals surface area (Å²) in [5, 5.41) is 0. The predicted molar refractivity (Wildman–Crippen MR) is 141 cm³/mol. The van der Waals surface area contributed by atoms with Crippen molar-refractivity contribution in [1.82, 2.24) is 4.90 Å². The van der Waals surface area contributed by atoms with E-state index in [4.69, 9.17) is 4.74 Å². The van der Waals surface area contributed by atoms with E-state index in [1.165, 1.54) is 34.2 Å². The second kappa shape index (κ2) is 10.4. The maximum Gasteiger partial charge on any atom is 0.410 e. The quantitative estimate of drug-likeness (QED) is 0.434. The maximum atomic E-state index is 13.2. The molecule has 4 rings (SSSR count). The monoisotopic (exact) mass is 459 g/mol. The van der Waals surface area contributed by atoms with E-state index < -0.39 is 0 Å². The first-order chi connectivity index (χ1) is 16.3. The molecule has 2 heterocycles. The summed E-state index contributed by atoms with van der Waals surface area (Å²) in [6.07, 6.45) is 6.36. The Balaban J connectivity index is 1.67. The highest BCUT2D eigenvalue weighted by atomic mass is 16.6. The lowest BCUT2D eigenvalue weighted by Crippen LogP contribution is -2.51. The average molecular weight is 460 g/mol. The molecule has 182 valence electrons. The van der Waals surface area contributed by atoms with Crippen LogP contribution in [-0.2, 0) is 11.3 Å². The molecule has 3 nitrogen and oxygen atoms in total. The highest BCUT2D eigenvalue weighted by Gasteiger charge is 2.39. The molecule has 2 atom stereocenters. The lowest BCUT2D eigenvalue weighted by molar-refractivity contribution is 0.0510. The molecule has 2 aliphatic rings. The van der Waals surface area contributed by atoms with Gasteiger partial charge < -0.3 is 4.74 Å². The molecule has 0 saturated carbocycles. The number of amides is 1. The first-order valence-corrected chi connectivity index (χ1v) is 13.1. The van der Waals surface area contributed by atoms with Gasteiger partial charge in [0, 0.05) is 6.04 Å². The molecule has 0 N–H and O–H groups in total. The van der Waals surface area contributed by atoms with Crippen LogP contribution < -0.4 is 0 Å². The molecule has 1 saturated heterocycles. The zero-order valence-corrected chi connectivity index (χ0v) is 21.8. The van der Waals surface area contributed by atoms with E-state index in [0.29, 0.717) is 24.4 Å². The minimum atomic E-state index is -0.169. The normalized spacial score (nSPS) is 20.1. The summed E-state index contributed by atoms with van der Waals surface area (Å²) in [4.78, 5) is 15.2. The number of carbonyl (C=O) groups excluding carboxylic acids is 1. The molecule has 3 heteroatoms. The molecule has 34 heavy (non-hydrogen) atoms. The van der Waals surface area contributed by atoms with Gasteiger partial charge in [0.15, 0.2) is 0 Å². The topological polar surface area (TPSA) is 29.5 Å². The Labute approximate surface area is 206 Å². The second-order valence-corrected chi connectivity index (χ2v) is 11.0. The summed E-state index contributed by atoms with van der Waals surface area (Å²) in [6, 6.07) is 15.2. The van der Waals surface area contributed by atoms with E-state index in [1.807, 2.05) is 35.2 Å². The fraction of sp³-hybridized carbons (Fsp3) is 0.516. The van der Waals surface area contributed by atoms with Gasteiger partial charge in [-0.05, 0) is 76.8 Å². The number of carbonyl (C=O) groups is 1. The molecule has 1 fully saturated rings. The molecule has 1 amide bonds. The van der Waals surface area contributed by atoms with Crippen LogP contribution in [0.2, 0.25) is 0 Å². The van der Waals surface area contributed by atoms with Gasteiger partial charge in [0.2, 0.25) is 0 Å². The summed E-state index contributed by atoms with van der Waals surface area (Å²) in [5.74, 6) is 1.43. The zero-order valence-electron chi connectivity index (χ0n) is 21.8. The van der Waals surface area contributed by atoms with Crippen LogP contribution in [0.4, 0.5) is 4.79 Å². The molecule has 2 unspecified atom stereocenters. The SMILES string of the molecule is CC(C)c1cc(C(C)C)c(C2=CC3CCCC(C2)N3C(=O)OCc2ccccc2)c(C(C)C)c1. The fourth-order valence-electron chi connectivity index (χ4n) is 5.62. The number of hydrogen-bond donors (Lipinski definition) is 0. The minimum absolute atomic E-state index is 0.121. The van der Waals surface area contributed by atoms with Crippen molar-refractivity contribution in [2.24, 2.45) is 0 Å². The van der Waals surface area contributed by atoms with E-state index >= 15 is 0 Å². The van der Waals surface area contributed by atoms with E-state index in [-0.39, 0.29) is 18.2 Å². The lowest BCUT2D eigenvalue weighted by Gasteiger charge is -2.44. The van der Waals surface area contributed by atoms with Gasteiger partial charge in [-0.1, -0.05) is 90.1 Å². The second-order valence-electron chi connectivity index (χ2n) is 11.0. The molecule has 2 aromatic rings. The Bertz CT molecular complexity index is 1010. The van der Waals surface area contributed by atoms with Gasteiger partial charge in [-0.3, -0.25) is 4.90 Å². The molecule has 0 radical (unpaired) electrons. The highest BCUT2D eigenvalue weighted by Crippen LogP contribution is 2.43.